The topological polar surface area (TPSA) is 17.6 Å². The summed E-state index contributed by atoms with van der Waals surface area (Å²) >= 11 is 0. The monoisotopic (exact) mass is 516 g/mol. The van der Waals surface area contributed by atoms with Gasteiger partial charge in [-0.3, -0.25) is 0 Å². The molecule has 21 heavy (non-hydrogen) atoms. The molecule has 2 aromatic rings. The number of aromatic nitrogens is 4. The molecular formula is C15H26I2N4. The zero-order valence-corrected chi connectivity index (χ0v) is 17.3. The van der Waals surface area contributed by atoms with Gasteiger partial charge in [0.2, 0.25) is 12.7 Å². The third kappa shape index (κ3) is 8.18. The third-order valence-electron chi connectivity index (χ3n) is 3.48. The number of nitrogens with zero attached hydrogens (tertiary/aromatic N) is 4. The first-order valence-electron chi connectivity index (χ1n) is 7.26. The lowest BCUT2D eigenvalue weighted by molar-refractivity contribution is -0.671. The number of hydrogen-bond acceptors (Lipinski definition) is 0. The second kappa shape index (κ2) is 11.4. The first-order valence-corrected chi connectivity index (χ1v) is 7.26. The molecule has 0 amide bonds. The lowest BCUT2D eigenvalue weighted by Gasteiger charge is -1.99. The zero-order valence-electron chi connectivity index (χ0n) is 13.0. The molecule has 0 fully saturated rings. The van der Waals surface area contributed by atoms with E-state index in [1.807, 2.05) is 0 Å². The van der Waals surface area contributed by atoms with Crippen LogP contribution in [0.5, 0.6) is 0 Å². The molecule has 0 saturated carbocycles. The predicted octanol–water partition coefficient (Wildman–Crippen LogP) is -4.40. The molecule has 2 heterocycles. The van der Waals surface area contributed by atoms with Gasteiger partial charge in [-0.2, -0.15) is 0 Å². The van der Waals surface area contributed by atoms with E-state index >= 15 is 0 Å². The second-order valence-corrected chi connectivity index (χ2v) is 5.40. The molecule has 0 spiro atoms. The van der Waals surface area contributed by atoms with Gasteiger partial charge in [0.05, 0.1) is 27.2 Å². The van der Waals surface area contributed by atoms with Crippen LogP contribution in [0.15, 0.2) is 37.4 Å². The Morgan fingerprint density at radius 3 is 1.38 bits per heavy atom. The van der Waals surface area contributed by atoms with Crippen LogP contribution in [0.4, 0.5) is 0 Å². The van der Waals surface area contributed by atoms with Crippen molar-refractivity contribution in [2.24, 2.45) is 14.1 Å². The van der Waals surface area contributed by atoms with Crippen LogP contribution in [0.1, 0.15) is 32.1 Å². The van der Waals surface area contributed by atoms with Crippen molar-refractivity contribution in [1.29, 1.82) is 0 Å². The minimum atomic E-state index is 0. The summed E-state index contributed by atoms with van der Waals surface area (Å²) in [5.74, 6) is 0. The van der Waals surface area contributed by atoms with E-state index in [1.54, 1.807) is 0 Å². The molecule has 0 aromatic carbocycles. The fourth-order valence-electron chi connectivity index (χ4n) is 2.39. The molecule has 0 N–H and O–H groups in total. The molecule has 0 saturated heterocycles. The summed E-state index contributed by atoms with van der Waals surface area (Å²) in [6, 6.07) is 0. The highest BCUT2D eigenvalue weighted by atomic mass is 127. The maximum absolute atomic E-state index is 2.26. The van der Waals surface area contributed by atoms with E-state index in [4.69, 9.17) is 0 Å². The summed E-state index contributed by atoms with van der Waals surface area (Å²) in [5.41, 5.74) is 0. The average Bonchev–Trinajstić information content (AvgIpc) is 2.97. The van der Waals surface area contributed by atoms with Crippen LogP contribution in [-0.4, -0.2) is 9.13 Å². The number of hydrogen-bond donors (Lipinski definition) is 0. The van der Waals surface area contributed by atoms with Gasteiger partial charge in [0.1, 0.15) is 24.8 Å². The minimum Gasteiger partial charge on any atom is -1.00 e. The van der Waals surface area contributed by atoms with Gasteiger partial charge in [-0.25, -0.2) is 18.3 Å². The summed E-state index contributed by atoms with van der Waals surface area (Å²) < 4.78 is 8.72. The number of rotatable bonds is 8. The Labute approximate surface area is 162 Å². The Morgan fingerprint density at radius 1 is 0.667 bits per heavy atom. The molecule has 2 aromatic heterocycles. The molecule has 2 rings (SSSR count). The SMILES string of the molecule is C[n+]1ccn(CCCCCCCn2cc[n+](C)c2)c1.[I-].[I-]. The van der Waals surface area contributed by atoms with Gasteiger partial charge in [-0.1, -0.05) is 6.42 Å². The second-order valence-electron chi connectivity index (χ2n) is 5.40. The highest BCUT2D eigenvalue weighted by molar-refractivity contribution is 4.66. The van der Waals surface area contributed by atoms with E-state index in [-0.39, 0.29) is 48.0 Å². The van der Waals surface area contributed by atoms with Crippen molar-refractivity contribution in [2.45, 2.75) is 45.2 Å². The summed E-state index contributed by atoms with van der Waals surface area (Å²) in [6.45, 7) is 2.29. The maximum atomic E-state index is 2.26. The average molecular weight is 516 g/mol. The minimum absolute atomic E-state index is 0. The fourth-order valence-corrected chi connectivity index (χ4v) is 2.39. The van der Waals surface area contributed by atoms with Crippen molar-refractivity contribution in [1.82, 2.24) is 9.13 Å². The van der Waals surface area contributed by atoms with E-state index in [9.17, 15) is 0 Å². The molecule has 0 aliphatic carbocycles. The smallest absolute Gasteiger partial charge is 0.243 e. The van der Waals surface area contributed by atoms with Gasteiger partial charge in [0, 0.05) is 0 Å². The van der Waals surface area contributed by atoms with Gasteiger partial charge in [0.15, 0.2) is 0 Å². The molecular weight excluding hydrogens is 490 g/mol. The van der Waals surface area contributed by atoms with Crippen molar-refractivity contribution in [3.05, 3.63) is 37.4 Å². The van der Waals surface area contributed by atoms with Gasteiger partial charge in [-0.05, 0) is 25.7 Å². The molecule has 0 unspecified atom stereocenters. The van der Waals surface area contributed by atoms with E-state index in [0.717, 1.165) is 13.1 Å². The molecule has 0 aliphatic heterocycles. The first kappa shape index (κ1) is 20.9. The lowest BCUT2D eigenvalue weighted by atomic mass is 10.1. The van der Waals surface area contributed by atoms with E-state index in [2.05, 4.69) is 69.8 Å². The van der Waals surface area contributed by atoms with Crippen LogP contribution < -0.4 is 57.1 Å². The van der Waals surface area contributed by atoms with Crippen LogP contribution in [0.2, 0.25) is 0 Å². The summed E-state index contributed by atoms with van der Waals surface area (Å²) in [6.07, 6.45) is 19.4. The Balaban J connectivity index is 0.00000200. The number of halogens is 2. The molecule has 6 heteroatoms. The molecule has 0 atom stereocenters. The van der Waals surface area contributed by atoms with E-state index in [1.165, 1.54) is 32.1 Å². The summed E-state index contributed by atoms with van der Waals surface area (Å²) in [7, 11) is 4.13. The highest BCUT2D eigenvalue weighted by Gasteiger charge is 2.01. The summed E-state index contributed by atoms with van der Waals surface area (Å²) in [5, 5.41) is 0. The quantitative estimate of drug-likeness (QED) is 0.192. The van der Waals surface area contributed by atoms with Crippen LogP contribution >= 0.6 is 0 Å². The molecule has 120 valence electrons. The van der Waals surface area contributed by atoms with Crippen molar-refractivity contribution < 1.29 is 57.1 Å². The fraction of sp³-hybridized carbons (Fsp3) is 0.600. The number of imidazole rings is 2. The standard InChI is InChI=1S/C15H26N4.2HI/c1-16-10-12-18(14-16)8-6-4-3-5-7-9-19-13-11-17(2)15-19;;/h10-15H,3-9H2,1-2H3;2*1H/q+2;;/p-2. The van der Waals surface area contributed by atoms with Crippen LogP contribution in [0.25, 0.3) is 0 Å². The van der Waals surface area contributed by atoms with Gasteiger partial charge < -0.3 is 48.0 Å². The van der Waals surface area contributed by atoms with E-state index in [0.29, 0.717) is 0 Å². The number of aryl methyl sites for hydroxylation is 4. The van der Waals surface area contributed by atoms with Gasteiger partial charge >= 0.3 is 0 Å². The Kier molecular flexibility index (Phi) is 11.4. The van der Waals surface area contributed by atoms with E-state index < -0.39 is 0 Å². The maximum Gasteiger partial charge on any atom is 0.243 e. The highest BCUT2D eigenvalue weighted by Crippen LogP contribution is 2.05. The van der Waals surface area contributed by atoms with Crippen molar-refractivity contribution in [2.75, 3.05) is 0 Å². The summed E-state index contributed by atoms with van der Waals surface area (Å²) in [4.78, 5) is 0. The predicted molar refractivity (Wildman–Crippen MR) is 74.3 cm³/mol. The normalized spacial score (nSPS) is 10.0. The first-order chi connectivity index (χ1) is 9.24. The molecule has 0 radical (unpaired) electrons. The molecule has 0 bridgehead atoms. The van der Waals surface area contributed by atoms with Crippen molar-refractivity contribution in [3.63, 3.8) is 0 Å². The van der Waals surface area contributed by atoms with Gasteiger partial charge in [0.25, 0.3) is 0 Å². The molecule has 0 aliphatic rings. The third-order valence-corrected chi connectivity index (χ3v) is 3.48. The Morgan fingerprint density at radius 2 is 1.05 bits per heavy atom. The Bertz CT molecular complexity index is 449. The largest absolute Gasteiger partial charge is 1.00 e. The van der Waals surface area contributed by atoms with Crippen LogP contribution in [0, 0.1) is 0 Å². The number of unbranched alkanes of at least 4 members (excludes halogenated alkanes) is 4. The molecule has 4 nitrogen and oxygen atoms in total. The van der Waals surface area contributed by atoms with Crippen molar-refractivity contribution >= 4 is 0 Å². The van der Waals surface area contributed by atoms with Gasteiger partial charge in [-0.15, -0.1) is 0 Å². The lowest BCUT2D eigenvalue weighted by Crippen LogP contribution is -3.00. The van der Waals surface area contributed by atoms with Crippen molar-refractivity contribution in [3.8, 4) is 0 Å². The zero-order chi connectivity index (χ0) is 13.5. The van der Waals surface area contributed by atoms with Crippen LogP contribution in [0.3, 0.4) is 0 Å². The Hall–Kier alpha value is -0.120. The van der Waals surface area contributed by atoms with Crippen LogP contribution in [-0.2, 0) is 27.2 Å².